The molecule has 1 aromatic rings. The third kappa shape index (κ3) is 2.17. The van der Waals surface area contributed by atoms with E-state index >= 15 is 0 Å². The van der Waals surface area contributed by atoms with Gasteiger partial charge in [0.25, 0.3) is 0 Å². The summed E-state index contributed by atoms with van der Waals surface area (Å²) < 4.78 is 33.2. The molecule has 1 saturated carbocycles. The number of aromatic nitrogens is 3. The summed E-state index contributed by atoms with van der Waals surface area (Å²) >= 11 is 0. The van der Waals surface area contributed by atoms with E-state index in [4.69, 9.17) is 4.74 Å². The molecular weight excluding hydrogens is 268 g/mol. The minimum atomic E-state index is -3.17. The predicted molar refractivity (Wildman–Crippen MR) is 68.0 cm³/mol. The molecule has 19 heavy (non-hydrogen) atoms. The lowest BCUT2D eigenvalue weighted by molar-refractivity contribution is 0.159. The van der Waals surface area contributed by atoms with Crippen molar-refractivity contribution in [3.8, 4) is 0 Å². The summed E-state index contributed by atoms with van der Waals surface area (Å²) in [6.45, 7) is 1.27. The highest BCUT2D eigenvalue weighted by Gasteiger charge is 2.43. The minimum absolute atomic E-state index is 0.00211. The predicted octanol–water partition coefficient (Wildman–Crippen LogP) is -0.147. The molecule has 0 saturated heterocycles. The zero-order valence-electron chi connectivity index (χ0n) is 11.1. The maximum atomic E-state index is 12.3. The van der Waals surface area contributed by atoms with Crippen LogP contribution in [-0.2, 0) is 28.4 Å². The number of rotatable bonds is 4. The van der Waals surface area contributed by atoms with Crippen molar-refractivity contribution >= 4 is 10.0 Å². The quantitative estimate of drug-likeness (QED) is 0.769. The second-order valence-electron chi connectivity index (χ2n) is 5.23. The van der Waals surface area contributed by atoms with E-state index in [1.807, 2.05) is 7.05 Å². The van der Waals surface area contributed by atoms with E-state index in [2.05, 4.69) is 10.3 Å². The molecule has 8 heteroatoms. The topological polar surface area (TPSA) is 77.3 Å². The Morgan fingerprint density at radius 3 is 2.79 bits per heavy atom. The zero-order chi connectivity index (χ0) is 13.6. The SMILES string of the molecule is COC[C@H]1CN(S(=O)(=O)C2CC2)Cc2nnn(C)c21. The molecule has 0 unspecified atom stereocenters. The summed E-state index contributed by atoms with van der Waals surface area (Å²) in [4.78, 5) is 0. The van der Waals surface area contributed by atoms with Gasteiger partial charge in [0.15, 0.2) is 0 Å². The van der Waals surface area contributed by atoms with Crippen LogP contribution in [0.2, 0.25) is 0 Å². The van der Waals surface area contributed by atoms with Crippen LogP contribution in [0.3, 0.4) is 0 Å². The maximum absolute atomic E-state index is 12.3. The molecule has 106 valence electrons. The largest absolute Gasteiger partial charge is 0.384 e. The maximum Gasteiger partial charge on any atom is 0.217 e. The molecule has 2 heterocycles. The first-order valence-corrected chi connectivity index (χ1v) is 7.90. The van der Waals surface area contributed by atoms with Crippen LogP contribution in [0.4, 0.5) is 0 Å². The van der Waals surface area contributed by atoms with Gasteiger partial charge < -0.3 is 4.74 Å². The second kappa shape index (κ2) is 4.53. The molecule has 0 N–H and O–H groups in total. The van der Waals surface area contributed by atoms with Crippen molar-refractivity contribution in [2.24, 2.45) is 7.05 Å². The number of nitrogens with zero attached hydrogens (tertiary/aromatic N) is 4. The highest BCUT2D eigenvalue weighted by Crippen LogP contribution is 2.35. The van der Waals surface area contributed by atoms with Crippen LogP contribution < -0.4 is 0 Å². The molecule has 7 nitrogen and oxygen atoms in total. The van der Waals surface area contributed by atoms with Crippen molar-refractivity contribution in [3.05, 3.63) is 11.4 Å². The highest BCUT2D eigenvalue weighted by molar-refractivity contribution is 7.90. The van der Waals surface area contributed by atoms with E-state index in [0.717, 1.165) is 24.2 Å². The van der Waals surface area contributed by atoms with Gasteiger partial charge in [-0.25, -0.2) is 8.42 Å². The molecule has 2 aliphatic rings. The van der Waals surface area contributed by atoms with Crippen molar-refractivity contribution in [2.45, 2.75) is 30.6 Å². The molecule has 1 aliphatic carbocycles. The molecule has 1 aromatic heterocycles. The summed E-state index contributed by atoms with van der Waals surface area (Å²) in [5, 5.41) is 7.89. The second-order valence-corrected chi connectivity index (χ2v) is 7.45. The zero-order valence-corrected chi connectivity index (χ0v) is 11.9. The Bertz CT molecular complexity index is 579. The van der Waals surface area contributed by atoms with Crippen LogP contribution in [-0.4, -0.2) is 53.2 Å². The average Bonchev–Trinajstić information content (AvgIpc) is 3.15. The highest BCUT2D eigenvalue weighted by atomic mass is 32.2. The molecule has 1 fully saturated rings. The van der Waals surface area contributed by atoms with E-state index in [1.165, 1.54) is 0 Å². The fourth-order valence-corrected chi connectivity index (χ4v) is 4.53. The van der Waals surface area contributed by atoms with E-state index in [-0.39, 0.29) is 11.2 Å². The Balaban J connectivity index is 1.92. The number of sulfonamides is 1. The van der Waals surface area contributed by atoms with Gasteiger partial charge in [-0.1, -0.05) is 5.21 Å². The summed E-state index contributed by atoms with van der Waals surface area (Å²) in [5.41, 5.74) is 1.74. The molecular formula is C11H18N4O3S. The van der Waals surface area contributed by atoms with Crippen LogP contribution >= 0.6 is 0 Å². The lowest BCUT2D eigenvalue weighted by Gasteiger charge is -2.31. The lowest BCUT2D eigenvalue weighted by Crippen LogP contribution is -2.41. The Hall–Kier alpha value is -0.990. The van der Waals surface area contributed by atoms with Gasteiger partial charge in [-0.15, -0.1) is 5.10 Å². The smallest absolute Gasteiger partial charge is 0.217 e. The number of hydrogen-bond donors (Lipinski definition) is 0. The Kier molecular flexibility index (Phi) is 3.11. The van der Waals surface area contributed by atoms with Crippen LogP contribution in [0.15, 0.2) is 0 Å². The normalized spacial score (nSPS) is 24.4. The van der Waals surface area contributed by atoms with Crippen molar-refractivity contribution in [1.29, 1.82) is 0 Å². The Labute approximate surface area is 112 Å². The van der Waals surface area contributed by atoms with Gasteiger partial charge in [-0.3, -0.25) is 4.68 Å². The lowest BCUT2D eigenvalue weighted by atomic mass is 10.0. The van der Waals surface area contributed by atoms with E-state index in [1.54, 1.807) is 16.1 Å². The van der Waals surface area contributed by atoms with Gasteiger partial charge in [0.05, 0.1) is 24.1 Å². The van der Waals surface area contributed by atoms with Gasteiger partial charge in [0, 0.05) is 26.6 Å². The van der Waals surface area contributed by atoms with Crippen molar-refractivity contribution in [3.63, 3.8) is 0 Å². The molecule has 0 bridgehead atoms. The molecule has 0 spiro atoms. The first kappa shape index (κ1) is 13.0. The van der Waals surface area contributed by atoms with Gasteiger partial charge in [-0.05, 0) is 12.8 Å². The summed E-state index contributed by atoms with van der Waals surface area (Å²) in [6, 6.07) is 0. The van der Waals surface area contributed by atoms with Crippen LogP contribution in [0, 0.1) is 0 Å². The van der Waals surface area contributed by atoms with Crippen molar-refractivity contribution in [2.75, 3.05) is 20.3 Å². The Morgan fingerprint density at radius 1 is 1.42 bits per heavy atom. The minimum Gasteiger partial charge on any atom is -0.384 e. The van der Waals surface area contributed by atoms with Crippen LogP contribution in [0.1, 0.15) is 30.1 Å². The molecule has 0 amide bonds. The van der Waals surface area contributed by atoms with E-state index < -0.39 is 10.0 Å². The molecule has 0 radical (unpaired) electrons. The monoisotopic (exact) mass is 286 g/mol. The Morgan fingerprint density at radius 2 is 2.16 bits per heavy atom. The van der Waals surface area contributed by atoms with Crippen molar-refractivity contribution < 1.29 is 13.2 Å². The fourth-order valence-electron chi connectivity index (χ4n) is 2.69. The van der Waals surface area contributed by atoms with Crippen LogP contribution in [0.25, 0.3) is 0 Å². The molecule has 0 aromatic carbocycles. The van der Waals surface area contributed by atoms with E-state index in [0.29, 0.717) is 19.7 Å². The van der Waals surface area contributed by atoms with Gasteiger partial charge >= 0.3 is 0 Å². The molecule has 3 rings (SSSR count). The number of hydrogen-bond acceptors (Lipinski definition) is 5. The number of aryl methyl sites for hydroxylation is 1. The van der Waals surface area contributed by atoms with Crippen LogP contribution in [0.5, 0.6) is 0 Å². The molecule has 1 aliphatic heterocycles. The molecule has 1 atom stereocenters. The number of ether oxygens (including phenoxy) is 1. The van der Waals surface area contributed by atoms with Crippen molar-refractivity contribution in [1.82, 2.24) is 19.3 Å². The average molecular weight is 286 g/mol. The summed E-state index contributed by atoms with van der Waals surface area (Å²) in [6.07, 6.45) is 1.56. The standard InChI is InChI=1S/C11H18N4O3S/c1-14-11-8(7-18-2)5-15(6-10(11)12-13-14)19(16,17)9-3-4-9/h8-9H,3-7H2,1-2H3/t8-/m1/s1. The number of methoxy groups -OCH3 is 1. The fraction of sp³-hybridized carbons (Fsp3) is 0.818. The van der Waals surface area contributed by atoms with E-state index in [9.17, 15) is 8.42 Å². The summed E-state index contributed by atoms with van der Waals surface area (Å²) in [5.74, 6) is 0.00211. The first-order valence-electron chi connectivity index (χ1n) is 6.40. The third-order valence-electron chi connectivity index (χ3n) is 3.75. The third-order valence-corrected chi connectivity index (χ3v) is 6.07. The van der Waals surface area contributed by atoms with Gasteiger partial charge in [0.1, 0.15) is 5.69 Å². The number of fused-ring (bicyclic) bond motifs is 1. The first-order chi connectivity index (χ1) is 9.04. The van der Waals surface area contributed by atoms with Gasteiger partial charge in [-0.2, -0.15) is 4.31 Å². The summed E-state index contributed by atoms with van der Waals surface area (Å²) in [7, 11) is 0.283. The van der Waals surface area contributed by atoms with Gasteiger partial charge in [0.2, 0.25) is 10.0 Å².